The Bertz CT molecular complexity index is 120. The van der Waals surface area contributed by atoms with Crippen molar-refractivity contribution in [3.05, 3.63) is 0 Å². The van der Waals surface area contributed by atoms with Crippen molar-refractivity contribution in [2.45, 2.75) is 6.10 Å². The van der Waals surface area contributed by atoms with Crippen LogP contribution >= 0.6 is 11.8 Å². The van der Waals surface area contributed by atoms with Gasteiger partial charge in [0.15, 0.2) is 0 Å². The second kappa shape index (κ2) is 6.45. The number of aliphatic hydroxyl groups excluding tert-OH is 2. The zero-order valence-corrected chi connectivity index (χ0v) is 7.23. The van der Waals surface area contributed by atoms with Crippen molar-refractivity contribution in [2.24, 2.45) is 0 Å². The summed E-state index contributed by atoms with van der Waals surface area (Å²) < 4.78 is 0. The summed E-state index contributed by atoms with van der Waals surface area (Å²) in [6.45, 7) is 0.0992. The van der Waals surface area contributed by atoms with E-state index in [0.29, 0.717) is 5.75 Å². The maximum atomic E-state index is 10.8. The van der Waals surface area contributed by atoms with E-state index in [9.17, 15) is 4.79 Å². The molecule has 4 nitrogen and oxygen atoms in total. The lowest BCUT2D eigenvalue weighted by molar-refractivity contribution is -0.128. The molecule has 1 atom stereocenters. The van der Waals surface area contributed by atoms with Crippen LogP contribution < -0.4 is 5.32 Å². The highest BCUT2D eigenvalue weighted by Crippen LogP contribution is 1.95. The molecule has 0 aromatic heterocycles. The molecule has 0 saturated carbocycles. The minimum atomic E-state index is -0.962. The van der Waals surface area contributed by atoms with E-state index in [2.05, 4.69) is 5.32 Å². The fourth-order valence-electron chi connectivity index (χ4n) is 0.530. The van der Waals surface area contributed by atoms with Gasteiger partial charge in [-0.25, -0.2) is 0 Å². The summed E-state index contributed by atoms with van der Waals surface area (Å²) in [6.07, 6.45) is 0.847. The first kappa shape index (κ1) is 10.7. The van der Waals surface area contributed by atoms with Gasteiger partial charge in [0, 0.05) is 12.3 Å². The number of amides is 1. The van der Waals surface area contributed by atoms with Gasteiger partial charge in [-0.1, -0.05) is 0 Å². The van der Waals surface area contributed by atoms with Crippen LogP contribution in [0.5, 0.6) is 0 Å². The van der Waals surface area contributed by atoms with Crippen molar-refractivity contribution >= 4 is 17.7 Å². The third-order valence-corrected chi connectivity index (χ3v) is 1.69. The Morgan fingerprint density at radius 3 is 2.82 bits per heavy atom. The van der Waals surface area contributed by atoms with Crippen molar-refractivity contribution in [2.75, 3.05) is 25.2 Å². The predicted octanol–water partition coefficient (Wildman–Crippen LogP) is -1.18. The summed E-state index contributed by atoms with van der Waals surface area (Å²) in [7, 11) is 0. The zero-order valence-electron chi connectivity index (χ0n) is 6.41. The summed E-state index contributed by atoms with van der Waals surface area (Å²) >= 11 is 1.40. The normalized spacial score (nSPS) is 12.6. The molecule has 0 aliphatic rings. The van der Waals surface area contributed by atoms with E-state index >= 15 is 0 Å². The van der Waals surface area contributed by atoms with Crippen LogP contribution in [0.15, 0.2) is 0 Å². The van der Waals surface area contributed by atoms with Crippen molar-refractivity contribution < 1.29 is 15.0 Å². The predicted molar refractivity (Wildman–Crippen MR) is 44.5 cm³/mol. The summed E-state index contributed by atoms with van der Waals surface area (Å²) in [5.41, 5.74) is 0. The lowest BCUT2D eigenvalue weighted by Gasteiger charge is -2.08. The fraction of sp³-hybridized carbons (Fsp3) is 0.833. The van der Waals surface area contributed by atoms with E-state index in [1.807, 2.05) is 6.26 Å². The topological polar surface area (TPSA) is 69.6 Å². The molecule has 0 spiro atoms. The Morgan fingerprint density at radius 1 is 1.73 bits per heavy atom. The Morgan fingerprint density at radius 2 is 2.36 bits per heavy atom. The van der Waals surface area contributed by atoms with Crippen LogP contribution in [-0.4, -0.2) is 47.4 Å². The molecule has 0 bridgehead atoms. The molecule has 1 unspecified atom stereocenters. The van der Waals surface area contributed by atoms with Crippen molar-refractivity contribution in [1.82, 2.24) is 5.32 Å². The molecule has 0 aromatic carbocycles. The maximum Gasteiger partial charge on any atom is 0.249 e. The zero-order chi connectivity index (χ0) is 8.69. The van der Waals surface area contributed by atoms with Crippen LogP contribution in [0.2, 0.25) is 0 Å². The standard InChI is InChI=1S/C6H13NO3S/c1-11-4-5(9)6(10)7-2-3-8/h5,8-9H,2-4H2,1H3,(H,7,10). The van der Waals surface area contributed by atoms with E-state index in [-0.39, 0.29) is 13.2 Å². The van der Waals surface area contributed by atoms with Gasteiger partial charge in [0.25, 0.3) is 0 Å². The van der Waals surface area contributed by atoms with E-state index in [1.54, 1.807) is 0 Å². The maximum absolute atomic E-state index is 10.8. The number of rotatable bonds is 5. The number of hydrogen-bond acceptors (Lipinski definition) is 4. The van der Waals surface area contributed by atoms with Crippen molar-refractivity contribution in [3.8, 4) is 0 Å². The highest BCUT2D eigenvalue weighted by atomic mass is 32.2. The van der Waals surface area contributed by atoms with E-state index in [1.165, 1.54) is 11.8 Å². The number of aliphatic hydroxyl groups is 2. The molecule has 0 aliphatic carbocycles. The van der Waals surface area contributed by atoms with Gasteiger partial charge in [-0.15, -0.1) is 0 Å². The van der Waals surface area contributed by atoms with Gasteiger partial charge in [0.05, 0.1) is 6.61 Å². The highest BCUT2D eigenvalue weighted by Gasteiger charge is 2.12. The molecule has 0 fully saturated rings. The third kappa shape index (κ3) is 5.06. The van der Waals surface area contributed by atoms with Crippen LogP contribution in [0, 0.1) is 0 Å². The lowest BCUT2D eigenvalue weighted by atomic mass is 10.4. The Balaban J connectivity index is 3.47. The average molecular weight is 179 g/mol. The van der Waals surface area contributed by atoms with E-state index < -0.39 is 12.0 Å². The molecular weight excluding hydrogens is 166 g/mol. The average Bonchev–Trinajstić information content (AvgIpc) is 2.00. The fourth-order valence-corrected chi connectivity index (χ4v) is 0.998. The molecular formula is C6H13NO3S. The summed E-state index contributed by atoms with van der Waals surface area (Å²) in [4.78, 5) is 10.8. The van der Waals surface area contributed by atoms with Crippen molar-refractivity contribution in [1.29, 1.82) is 0 Å². The third-order valence-electron chi connectivity index (χ3n) is 1.04. The van der Waals surface area contributed by atoms with Crippen LogP contribution in [0.4, 0.5) is 0 Å². The van der Waals surface area contributed by atoms with Crippen molar-refractivity contribution in [3.63, 3.8) is 0 Å². The first-order valence-corrected chi connectivity index (χ1v) is 4.67. The molecule has 1 amide bonds. The second-order valence-electron chi connectivity index (χ2n) is 1.99. The number of nitrogens with one attached hydrogen (secondary N) is 1. The number of thioether (sulfide) groups is 1. The van der Waals surface area contributed by atoms with Crippen LogP contribution in [0.25, 0.3) is 0 Å². The van der Waals surface area contributed by atoms with Crippen LogP contribution in [0.1, 0.15) is 0 Å². The van der Waals surface area contributed by atoms with Gasteiger partial charge in [0.2, 0.25) is 5.91 Å². The molecule has 0 heterocycles. The lowest BCUT2D eigenvalue weighted by Crippen LogP contribution is -2.37. The first-order valence-electron chi connectivity index (χ1n) is 3.28. The summed E-state index contributed by atoms with van der Waals surface area (Å²) in [6, 6.07) is 0. The van der Waals surface area contributed by atoms with Gasteiger partial charge >= 0.3 is 0 Å². The number of carbonyl (C=O) groups excluding carboxylic acids is 1. The van der Waals surface area contributed by atoms with Gasteiger partial charge in [-0.05, 0) is 6.26 Å². The van der Waals surface area contributed by atoms with Gasteiger partial charge < -0.3 is 15.5 Å². The Labute approximate surface area is 70.0 Å². The molecule has 0 aromatic rings. The van der Waals surface area contributed by atoms with Crippen LogP contribution in [0.3, 0.4) is 0 Å². The Kier molecular flexibility index (Phi) is 6.30. The SMILES string of the molecule is CSCC(O)C(=O)NCCO. The van der Waals surface area contributed by atoms with Crippen LogP contribution in [-0.2, 0) is 4.79 Å². The quantitative estimate of drug-likeness (QED) is 0.497. The largest absolute Gasteiger partial charge is 0.395 e. The Hall–Kier alpha value is -0.260. The minimum Gasteiger partial charge on any atom is -0.395 e. The van der Waals surface area contributed by atoms with E-state index in [0.717, 1.165) is 0 Å². The first-order chi connectivity index (χ1) is 5.22. The number of carbonyl (C=O) groups is 1. The smallest absolute Gasteiger partial charge is 0.249 e. The summed E-state index contributed by atoms with van der Waals surface area (Å²) in [5, 5.41) is 19.7. The monoisotopic (exact) mass is 179 g/mol. The second-order valence-corrected chi connectivity index (χ2v) is 2.90. The minimum absolute atomic E-state index is 0.0995. The summed E-state index contributed by atoms with van der Waals surface area (Å²) in [5.74, 6) is -0.0366. The highest BCUT2D eigenvalue weighted by molar-refractivity contribution is 7.98. The van der Waals surface area contributed by atoms with E-state index in [4.69, 9.17) is 10.2 Å². The number of hydrogen-bond donors (Lipinski definition) is 3. The molecule has 3 N–H and O–H groups in total. The molecule has 11 heavy (non-hydrogen) atoms. The molecule has 66 valence electrons. The van der Waals surface area contributed by atoms with Gasteiger partial charge in [0.1, 0.15) is 6.10 Å². The van der Waals surface area contributed by atoms with Gasteiger partial charge in [-0.3, -0.25) is 4.79 Å². The molecule has 0 rings (SSSR count). The van der Waals surface area contributed by atoms with Gasteiger partial charge in [-0.2, -0.15) is 11.8 Å². The molecule has 0 saturated heterocycles. The molecule has 0 aliphatic heterocycles. The molecule has 5 heteroatoms. The molecule has 0 radical (unpaired) electrons.